The van der Waals surface area contributed by atoms with Crippen LogP contribution in [-0.2, 0) is 12.8 Å². The van der Waals surface area contributed by atoms with Gasteiger partial charge in [0.15, 0.2) is 0 Å². The fourth-order valence-electron chi connectivity index (χ4n) is 4.73. The summed E-state index contributed by atoms with van der Waals surface area (Å²) in [6.45, 7) is 0. The van der Waals surface area contributed by atoms with E-state index in [1.165, 1.54) is 34.0 Å². The van der Waals surface area contributed by atoms with E-state index in [1.807, 2.05) is 39.6 Å². The number of pyridine rings is 1. The molecule has 4 aromatic rings. The number of benzene rings is 1. The summed E-state index contributed by atoms with van der Waals surface area (Å²) in [5.41, 5.74) is 11.3. The van der Waals surface area contributed by atoms with Crippen LogP contribution in [0.4, 0.5) is 5.82 Å². The Balaban J connectivity index is 1.43. The van der Waals surface area contributed by atoms with E-state index in [0.717, 1.165) is 42.5 Å². The zero-order valence-electron chi connectivity index (χ0n) is 18.4. The van der Waals surface area contributed by atoms with Gasteiger partial charge in [-0.15, -0.1) is 11.8 Å². The smallest absolute Gasteiger partial charge is 0.232 e. The lowest BCUT2D eigenvalue weighted by Crippen LogP contribution is -2.16. The van der Waals surface area contributed by atoms with Crippen molar-refractivity contribution in [1.29, 1.82) is 10.5 Å². The highest BCUT2D eigenvalue weighted by Gasteiger charge is 2.24. The van der Waals surface area contributed by atoms with Gasteiger partial charge in [-0.05, 0) is 59.7 Å². The lowest BCUT2D eigenvalue weighted by atomic mass is 9.95. The van der Waals surface area contributed by atoms with Crippen molar-refractivity contribution in [2.24, 2.45) is 0 Å². The summed E-state index contributed by atoms with van der Waals surface area (Å²) in [7, 11) is 0. The first-order chi connectivity index (χ1) is 16.6. The molecule has 0 saturated carbocycles. The van der Waals surface area contributed by atoms with Gasteiger partial charge in [0.25, 0.3) is 0 Å². The molecule has 0 fully saturated rings. The highest BCUT2D eigenvalue weighted by atomic mass is 32.2. The van der Waals surface area contributed by atoms with Crippen LogP contribution in [0.5, 0.6) is 0 Å². The van der Waals surface area contributed by atoms with Crippen LogP contribution in [-0.4, -0.2) is 21.2 Å². The molecule has 1 aromatic carbocycles. The molecule has 2 N–H and O–H groups in total. The molecule has 0 amide bonds. The summed E-state index contributed by atoms with van der Waals surface area (Å²) in [5.74, 6) is 0.600. The number of nitrogens with zero attached hydrogens (tertiary/aromatic N) is 4. The fraction of sp³-hybridized carbons (Fsp3) is 0.231. The van der Waals surface area contributed by atoms with E-state index in [1.54, 1.807) is 0 Å². The van der Waals surface area contributed by atoms with Gasteiger partial charge >= 0.3 is 0 Å². The van der Waals surface area contributed by atoms with Gasteiger partial charge in [-0.2, -0.15) is 21.9 Å². The lowest BCUT2D eigenvalue weighted by molar-refractivity contribution is 0.0912. The van der Waals surface area contributed by atoms with Gasteiger partial charge < -0.3 is 5.73 Å². The molecular formula is C26H21N5OS2. The maximum atomic E-state index is 13.4. The monoisotopic (exact) mass is 483 g/mol. The van der Waals surface area contributed by atoms with Crippen molar-refractivity contribution < 1.29 is 4.79 Å². The minimum Gasteiger partial charge on any atom is -0.383 e. The second-order valence-corrected chi connectivity index (χ2v) is 10.0. The highest BCUT2D eigenvalue weighted by molar-refractivity contribution is 7.99. The molecule has 34 heavy (non-hydrogen) atoms. The van der Waals surface area contributed by atoms with Gasteiger partial charge in [0.2, 0.25) is 5.91 Å². The first kappa shape index (κ1) is 22.2. The van der Waals surface area contributed by atoms with Crippen molar-refractivity contribution >= 4 is 45.7 Å². The molecule has 0 spiro atoms. The van der Waals surface area contributed by atoms with E-state index < -0.39 is 0 Å². The van der Waals surface area contributed by atoms with Gasteiger partial charge in [0, 0.05) is 28.8 Å². The molecule has 3 heterocycles. The number of nitriles is 2. The largest absolute Gasteiger partial charge is 0.383 e. The number of rotatable bonds is 5. The van der Waals surface area contributed by atoms with E-state index in [-0.39, 0.29) is 17.3 Å². The Bertz CT molecular complexity index is 1490. The number of hydrogen-bond donors (Lipinski definition) is 1. The first-order valence-corrected chi connectivity index (χ1v) is 13.0. The number of nitrogens with two attached hydrogens (primary N) is 1. The van der Waals surface area contributed by atoms with Crippen molar-refractivity contribution in [2.75, 3.05) is 11.5 Å². The fourth-order valence-corrected chi connectivity index (χ4v) is 6.30. The highest BCUT2D eigenvalue weighted by Crippen LogP contribution is 2.37. The summed E-state index contributed by atoms with van der Waals surface area (Å²) in [5, 5.41) is 24.9. The third kappa shape index (κ3) is 3.75. The van der Waals surface area contributed by atoms with Crippen molar-refractivity contribution in [1.82, 2.24) is 9.55 Å². The summed E-state index contributed by atoms with van der Waals surface area (Å²) in [6.07, 6.45) is 4.47. The number of para-hydroxylation sites is 1. The Hall–Kier alpha value is -3.59. The van der Waals surface area contributed by atoms with Crippen LogP contribution < -0.4 is 5.73 Å². The molecular weight excluding hydrogens is 462 g/mol. The molecule has 5 rings (SSSR count). The maximum Gasteiger partial charge on any atom is 0.232 e. The number of thiophene rings is 1. The number of aryl methyl sites for hydroxylation is 1. The molecule has 3 aromatic heterocycles. The average molecular weight is 484 g/mol. The molecule has 1 aliphatic rings. The Morgan fingerprint density at radius 2 is 1.94 bits per heavy atom. The van der Waals surface area contributed by atoms with E-state index in [9.17, 15) is 15.3 Å². The normalized spacial score (nSPS) is 12.8. The third-order valence-corrected chi connectivity index (χ3v) is 7.87. The molecule has 0 atom stereocenters. The molecule has 6 nitrogen and oxygen atoms in total. The maximum absolute atomic E-state index is 13.4. The van der Waals surface area contributed by atoms with Gasteiger partial charge in [-0.1, -0.05) is 18.2 Å². The SMILES string of the molecule is N#Cc1c(N)nc(SCCC(=O)n2c3c(c4ccccc42)CCCC3)c(C#N)c1-c1ccsc1. The van der Waals surface area contributed by atoms with Crippen LogP contribution in [0.3, 0.4) is 0 Å². The second-order valence-electron chi connectivity index (χ2n) is 8.14. The van der Waals surface area contributed by atoms with Crippen molar-refractivity contribution in [3.8, 4) is 23.3 Å². The van der Waals surface area contributed by atoms with E-state index in [2.05, 4.69) is 23.2 Å². The second kappa shape index (κ2) is 9.34. The standard InChI is InChI=1S/C26H21N5OS2/c27-13-19-24(16-9-11-33-15-16)20(14-28)26(30-25(19)29)34-12-10-23(32)31-21-7-3-1-5-17(21)18-6-2-4-8-22(18)31/h1,3,5,7,9,11,15H,2,4,6,8,10,12H2,(H2,29,30). The Kier molecular flexibility index (Phi) is 6.10. The van der Waals surface area contributed by atoms with Crippen LogP contribution in [0.25, 0.3) is 22.0 Å². The Labute approximate surface area is 205 Å². The quantitative estimate of drug-likeness (QED) is 0.360. The minimum atomic E-state index is 0.0463. The summed E-state index contributed by atoms with van der Waals surface area (Å²) >= 11 is 2.81. The number of thioether (sulfide) groups is 1. The van der Waals surface area contributed by atoms with E-state index in [4.69, 9.17) is 5.73 Å². The van der Waals surface area contributed by atoms with Crippen LogP contribution >= 0.6 is 23.1 Å². The Morgan fingerprint density at radius 3 is 2.71 bits per heavy atom. The number of aromatic nitrogens is 2. The number of hydrogen-bond acceptors (Lipinski definition) is 7. The molecule has 0 radical (unpaired) electrons. The molecule has 0 bridgehead atoms. The van der Waals surface area contributed by atoms with Gasteiger partial charge in [0.05, 0.1) is 11.1 Å². The van der Waals surface area contributed by atoms with Crippen molar-refractivity contribution in [3.63, 3.8) is 0 Å². The summed E-state index contributed by atoms with van der Waals surface area (Å²) in [4.78, 5) is 17.7. The van der Waals surface area contributed by atoms with Crippen LogP contribution in [0.2, 0.25) is 0 Å². The predicted molar refractivity (Wildman–Crippen MR) is 136 cm³/mol. The number of anilines is 1. The van der Waals surface area contributed by atoms with Gasteiger partial charge in [-0.25, -0.2) is 4.98 Å². The number of nitrogen functional groups attached to an aromatic ring is 1. The summed E-state index contributed by atoms with van der Waals surface area (Å²) < 4.78 is 1.90. The summed E-state index contributed by atoms with van der Waals surface area (Å²) in [6, 6.07) is 14.3. The van der Waals surface area contributed by atoms with Crippen LogP contribution in [0.1, 0.15) is 46.4 Å². The van der Waals surface area contributed by atoms with Gasteiger partial charge in [-0.3, -0.25) is 9.36 Å². The van der Waals surface area contributed by atoms with Crippen molar-refractivity contribution in [3.05, 3.63) is 63.5 Å². The average Bonchev–Trinajstić information content (AvgIpc) is 3.50. The van der Waals surface area contributed by atoms with Crippen LogP contribution in [0.15, 0.2) is 46.1 Å². The molecule has 8 heteroatoms. The molecule has 0 unspecified atom stereocenters. The third-order valence-electron chi connectivity index (χ3n) is 6.21. The topological polar surface area (TPSA) is 108 Å². The number of carbonyl (C=O) groups excluding carboxylic acids is 1. The number of fused-ring (bicyclic) bond motifs is 3. The zero-order chi connectivity index (χ0) is 23.7. The van der Waals surface area contributed by atoms with E-state index >= 15 is 0 Å². The molecule has 1 aliphatic carbocycles. The molecule has 0 saturated heterocycles. The minimum absolute atomic E-state index is 0.0463. The Morgan fingerprint density at radius 1 is 1.15 bits per heavy atom. The zero-order valence-corrected chi connectivity index (χ0v) is 20.0. The molecule has 0 aliphatic heterocycles. The first-order valence-electron chi connectivity index (χ1n) is 11.1. The number of carbonyl (C=O) groups is 1. The van der Waals surface area contributed by atoms with Crippen LogP contribution in [0, 0.1) is 22.7 Å². The predicted octanol–water partition coefficient (Wildman–Crippen LogP) is 5.79. The van der Waals surface area contributed by atoms with Crippen molar-refractivity contribution in [2.45, 2.75) is 37.1 Å². The lowest BCUT2D eigenvalue weighted by Gasteiger charge is -2.15. The molecule has 168 valence electrons. The van der Waals surface area contributed by atoms with E-state index in [0.29, 0.717) is 28.3 Å². The van der Waals surface area contributed by atoms with Gasteiger partial charge in [0.1, 0.15) is 28.5 Å².